The molecule has 1 aliphatic rings. The highest BCUT2D eigenvalue weighted by molar-refractivity contribution is 5.76. The first-order chi connectivity index (χ1) is 9.28. The number of nitrogens with one attached hydrogen (secondary N) is 2. The maximum atomic E-state index is 11.9. The van der Waals surface area contributed by atoms with Gasteiger partial charge >= 0.3 is 0 Å². The van der Waals surface area contributed by atoms with Gasteiger partial charge in [0.2, 0.25) is 5.91 Å². The SMILES string of the molecule is CNCCc1cn(CC(=O)NC2CCOCC2)cn1. The standard InChI is InChI=1S/C13H22N4O2/c1-14-5-2-12-8-17(10-15-12)9-13(18)16-11-3-6-19-7-4-11/h8,10-11,14H,2-7,9H2,1H3,(H,16,18). The minimum atomic E-state index is 0.0458. The van der Waals surface area contributed by atoms with Crippen LogP contribution in [0.5, 0.6) is 0 Å². The molecule has 6 nitrogen and oxygen atoms in total. The van der Waals surface area contributed by atoms with Gasteiger partial charge in [-0.15, -0.1) is 0 Å². The second kappa shape index (κ2) is 7.25. The topological polar surface area (TPSA) is 68.2 Å². The minimum Gasteiger partial charge on any atom is -0.381 e. The zero-order valence-corrected chi connectivity index (χ0v) is 11.4. The fourth-order valence-corrected chi connectivity index (χ4v) is 2.16. The summed E-state index contributed by atoms with van der Waals surface area (Å²) in [6.45, 7) is 2.71. The molecule has 2 heterocycles. The monoisotopic (exact) mass is 266 g/mol. The van der Waals surface area contributed by atoms with Crippen molar-refractivity contribution in [2.75, 3.05) is 26.8 Å². The first-order valence-electron chi connectivity index (χ1n) is 6.80. The van der Waals surface area contributed by atoms with Gasteiger partial charge in [-0.3, -0.25) is 4.79 Å². The number of likely N-dealkylation sites (N-methyl/N-ethyl adjacent to an activating group) is 1. The van der Waals surface area contributed by atoms with Crippen LogP contribution in [0.1, 0.15) is 18.5 Å². The highest BCUT2D eigenvalue weighted by Gasteiger charge is 2.16. The second-order valence-corrected chi connectivity index (χ2v) is 4.85. The summed E-state index contributed by atoms with van der Waals surface area (Å²) in [4.78, 5) is 16.2. The van der Waals surface area contributed by atoms with Crippen molar-refractivity contribution in [2.24, 2.45) is 0 Å². The number of aromatic nitrogens is 2. The van der Waals surface area contributed by atoms with Crippen molar-refractivity contribution in [1.82, 2.24) is 20.2 Å². The van der Waals surface area contributed by atoms with E-state index in [0.717, 1.165) is 44.7 Å². The number of rotatable bonds is 6. The summed E-state index contributed by atoms with van der Waals surface area (Å²) >= 11 is 0. The molecule has 0 aliphatic carbocycles. The molecule has 106 valence electrons. The van der Waals surface area contributed by atoms with Gasteiger partial charge in [0, 0.05) is 38.4 Å². The summed E-state index contributed by atoms with van der Waals surface area (Å²) < 4.78 is 7.10. The molecule has 0 spiro atoms. The summed E-state index contributed by atoms with van der Waals surface area (Å²) in [6, 6.07) is 0.258. The van der Waals surface area contributed by atoms with E-state index >= 15 is 0 Å². The van der Waals surface area contributed by atoms with Crippen LogP contribution < -0.4 is 10.6 Å². The van der Waals surface area contributed by atoms with Gasteiger partial charge in [0.05, 0.1) is 12.0 Å². The average Bonchev–Trinajstić information content (AvgIpc) is 2.85. The maximum Gasteiger partial charge on any atom is 0.240 e. The fourth-order valence-electron chi connectivity index (χ4n) is 2.16. The van der Waals surface area contributed by atoms with E-state index in [1.165, 1.54) is 0 Å². The Morgan fingerprint density at radius 3 is 3.05 bits per heavy atom. The molecular weight excluding hydrogens is 244 g/mol. The van der Waals surface area contributed by atoms with Crippen LogP contribution >= 0.6 is 0 Å². The van der Waals surface area contributed by atoms with Gasteiger partial charge in [0.15, 0.2) is 0 Å². The van der Waals surface area contributed by atoms with E-state index in [1.807, 2.05) is 17.8 Å². The molecule has 0 bridgehead atoms. The van der Waals surface area contributed by atoms with Gasteiger partial charge in [-0.1, -0.05) is 0 Å². The lowest BCUT2D eigenvalue weighted by molar-refractivity contribution is -0.122. The highest BCUT2D eigenvalue weighted by Crippen LogP contribution is 2.06. The minimum absolute atomic E-state index is 0.0458. The Labute approximate surface area is 113 Å². The van der Waals surface area contributed by atoms with Crippen LogP contribution in [-0.4, -0.2) is 48.3 Å². The molecule has 1 amide bonds. The van der Waals surface area contributed by atoms with Crippen LogP contribution in [0.25, 0.3) is 0 Å². The number of carbonyl (C=O) groups is 1. The van der Waals surface area contributed by atoms with E-state index in [1.54, 1.807) is 6.33 Å². The lowest BCUT2D eigenvalue weighted by atomic mass is 10.1. The van der Waals surface area contributed by atoms with Crippen molar-refractivity contribution in [3.63, 3.8) is 0 Å². The Morgan fingerprint density at radius 2 is 2.32 bits per heavy atom. The highest BCUT2D eigenvalue weighted by atomic mass is 16.5. The molecule has 0 aromatic carbocycles. The first kappa shape index (κ1) is 14.0. The Hall–Kier alpha value is -1.40. The molecule has 1 aromatic heterocycles. The van der Waals surface area contributed by atoms with E-state index in [0.29, 0.717) is 6.54 Å². The third-order valence-electron chi connectivity index (χ3n) is 3.23. The molecule has 0 unspecified atom stereocenters. The van der Waals surface area contributed by atoms with E-state index in [4.69, 9.17) is 4.74 Å². The average molecular weight is 266 g/mol. The Bertz CT molecular complexity index is 399. The Balaban J connectivity index is 1.76. The van der Waals surface area contributed by atoms with Crippen molar-refractivity contribution in [3.05, 3.63) is 18.2 Å². The molecule has 1 fully saturated rings. The van der Waals surface area contributed by atoms with E-state index in [-0.39, 0.29) is 11.9 Å². The number of hydrogen-bond acceptors (Lipinski definition) is 4. The summed E-state index contributed by atoms with van der Waals surface area (Å²) in [5.41, 5.74) is 1.01. The van der Waals surface area contributed by atoms with Gasteiger partial charge in [-0.05, 0) is 19.9 Å². The maximum absolute atomic E-state index is 11.9. The van der Waals surface area contributed by atoms with Crippen LogP contribution in [0.15, 0.2) is 12.5 Å². The van der Waals surface area contributed by atoms with Crippen LogP contribution in [0.4, 0.5) is 0 Å². The molecule has 2 N–H and O–H groups in total. The van der Waals surface area contributed by atoms with E-state index in [2.05, 4.69) is 15.6 Å². The zero-order valence-electron chi connectivity index (χ0n) is 11.4. The van der Waals surface area contributed by atoms with Gasteiger partial charge in [-0.2, -0.15) is 0 Å². The summed E-state index contributed by atoms with van der Waals surface area (Å²) in [6.07, 6.45) is 6.34. The third-order valence-corrected chi connectivity index (χ3v) is 3.23. The predicted molar refractivity (Wildman–Crippen MR) is 71.8 cm³/mol. The fraction of sp³-hybridized carbons (Fsp3) is 0.692. The molecule has 6 heteroatoms. The number of ether oxygens (including phenoxy) is 1. The largest absolute Gasteiger partial charge is 0.381 e. The number of amides is 1. The molecule has 0 saturated carbocycles. The summed E-state index contributed by atoms with van der Waals surface area (Å²) in [5.74, 6) is 0.0458. The second-order valence-electron chi connectivity index (χ2n) is 4.85. The molecule has 1 aromatic rings. The van der Waals surface area contributed by atoms with Crippen LogP contribution in [-0.2, 0) is 22.5 Å². The van der Waals surface area contributed by atoms with Crippen molar-refractivity contribution in [2.45, 2.75) is 31.8 Å². The van der Waals surface area contributed by atoms with Gasteiger partial charge in [0.1, 0.15) is 6.54 Å². The summed E-state index contributed by atoms with van der Waals surface area (Å²) in [5, 5.41) is 6.12. The Kier molecular flexibility index (Phi) is 5.35. The molecular formula is C13H22N4O2. The Morgan fingerprint density at radius 1 is 1.53 bits per heavy atom. The predicted octanol–water partition coefficient (Wildman–Crippen LogP) is -0.0598. The number of imidazole rings is 1. The molecule has 0 atom stereocenters. The third kappa shape index (κ3) is 4.65. The summed E-state index contributed by atoms with van der Waals surface area (Å²) in [7, 11) is 1.92. The van der Waals surface area contributed by atoms with E-state index < -0.39 is 0 Å². The van der Waals surface area contributed by atoms with Crippen LogP contribution in [0.3, 0.4) is 0 Å². The molecule has 1 saturated heterocycles. The zero-order chi connectivity index (χ0) is 13.5. The molecule has 19 heavy (non-hydrogen) atoms. The molecule has 1 aliphatic heterocycles. The lowest BCUT2D eigenvalue weighted by Crippen LogP contribution is -2.40. The van der Waals surface area contributed by atoms with Gasteiger partial charge < -0.3 is 19.9 Å². The van der Waals surface area contributed by atoms with Crippen LogP contribution in [0.2, 0.25) is 0 Å². The molecule has 0 radical (unpaired) electrons. The first-order valence-corrected chi connectivity index (χ1v) is 6.80. The number of carbonyl (C=O) groups excluding carboxylic acids is 1. The molecule has 2 rings (SSSR count). The smallest absolute Gasteiger partial charge is 0.240 e. The van der Waals surface area contributed by atoms with E-state index in [9.17, 15) is 4.79 Å². The van der Waals surface area contributed by atoms with Gasteiger partial charge in [-0.25, -0.2) is 4.98 Å². The van der Waals surface area contributed by atoms with Crippen molar-refractivity contribution < 1.29 is 9.53 Å². The van der Waals surface area contributed by atoms with Crippen LogP contribution in [0, 0.1) is 0 Å². The number of nitrogens with zero attached hydrogens (tertiary/aromatic N) is 2. The quantitative estimate of drug-likeness (QED) is 0.757. The van der Waals surface area contributed by atoms with Crippen molar-refractivity contribution >= 4 is 5.91 Å². The lowest BCUT2D eigenvalue weighted by Gasteiger charge is -2.23. The normalized spacial score (nSPS) is 16.5. The number of hydrogen-bond donors (Lipinski definition) is 2. The van der Waals surface area contributed by atoms with Crippen molar-refractivity contribution in [3.8, 4) is 0 Å². The van der Waals surface area contributed by atoms with Crippen molar-refractivity contribution in [1.29, 1.82) is 0 Å². The van der Waals surface area contributed by atoms with Gasteiger partial charge in [0.25, 0.3) is 0 Å².